The molecule has 0 spiro atoms. The van der Waals surface area contributed by atoms with Crippen molar-refractivity contribution >= 4 is 32.5 Å². The Morgan fingerprint density at radius 3 is 2.51 bits per heavy atom. The predicted molar refractivity (Wildman–Crippen MR) is 145 cm³/mol. The van der Waals surface area contributed by atoms with Crippen LogP contribution < -0.4 is 4.72 Å². The van der Waals surface area contributed by atoms with Gasteiger partial charge in [-0.25, -0.2) is 21.6 Å². The maximum absolute atomic E-state index is 13.8. The third-order valence-corrected chi connectivity index (χ3v) is 7.78. The highest BCUT2D eigenvalue weighted by Crippen LogP contribution is 2.24. The Morgan fingerprint density at radius 2 is 1.82 bits per heavy atom. The van der Waals surface area contributed by atoms with Crippen LogP contribution in [0.5, 0.6) is 0 Å². The number of benzene rings is 2. The van der Waals surface area contributed by atoms with Crippen LogP contribution in [-0.2, 0) is 10.0 Å². The number of para-hydroxylation sites is 1. The Bertz CT molecular complexity index is 1550. The first-order chi connectivity index (χ1) is 18.6. The van der Waals surface area contributed by atoms with Crippen molar-refractivity contribution in [2.24, 2.45) is 0 Å². The minimum absolute atomic E-state index is 0.0479. The van der Waals surface area contributed by atoms with Gasteiger partial charge in [0, 0.05) is 55.1 Å². The number of carbonyl (C=O) groups excluding carboxylic acids is 1. The highest BCUT2D eigenvalue weighted by molar-refractivity contribution is 7.93. The van der Waals surface area contributed by atoms with E-state index in [0.717, 1.165) is 6.08 Å². The zero-order valence-corrected chi connectivity index (χ0v) is 22.0. The average Bonchev–Trinajstić information content (AvgIpc) is 2.94. The Balaban J connectivity index is 1.39. The van der Waals surface area contributed by atoms with Crippen LogP contribution >= 0.6 is 0 Å². The number of nitrogens with zero attached hydrogens (tertiary/aromatic N) is 3. The quantitative estimate of drug-likeness (QED) is 0.377. The zero-order valence-electron chi connectivity index (χ0n) is 21.1. The molecule has 1 atom stereocenters. The molecule has 0 aliphatic carbocycles. The third-order valence-electron chi connectivity index (χ3n) is 6.37. The van der Waals surface area contributed by atoms with Gasteiger partial charge in [0.05, 0.1) is 5.52 Å². The number of aromatic nitrogens is 1. The number of pyridine rings is 1. The molecular weight excluding hydrogens is 529 g/mol. The number of halogens is 3. The summed E-state index contributed by atoms with van der Waals surface area (Å²) < 4.78 is 69.1. The molecule has 4 rings (SSSR count). The van der Waals surface area contributed by atoms with Crippen molar-refractivity contribution < 1.29 is 26.4 Å². The summed E-state index contributed by atoms with van der Waals surface area (Å²) in [5.74, 6) is -4.49. The molecule has 1 aliphatic rings. The lowest BCUT2D eigenvalue weighted by molar-refractivity contribution is 0.0510. The predicted octanol–water partition coefficient (Wildman–Crippen LogP) is 5.37. The second-order valence-corrected chi connectivity index (χ2v) is 10.7. The number of nitrogens with one attached hydrogen (secondary N) is 1. The van der Waals surface area contributed by atoms with Crippen LogP contribution in [0.3, 0.4) is 0 Å². The van der Waals surface area contributed by atoms with Crippen LogP contribution in [0.4, 0.5) is 18.9 Å². The molecule has 0 saturated carbocycles. The maximum atomic E-state index is 13.8. The first-order valence-corrected chi connectivity index (χ1v) is 13.6. The van der Waals surface area contributed by atoms with Crippen LogP contribution in [0.15, 0.2) is 102 Å². The van der Waals surface area contributed by atoms with Gasteiger partial charge in [-0.05, 0) is 55.5 Å². The number of allylic oxidation sites excluding steroid dienone is 4. The molecule has 11 heteroatoms. The number of anilines is 1. The molecule has 1 fully saturated rings. The fourth-order valence-electron chi connectivity index (χ4n) is 4.35. The summed E-state index contributed by atoms with van der Waals surface area (Å²) in [6.07, 6.45) is 3.08. The number of piperazine rings is 1. The summed E-state index contributed by atoms with van der Waals surface area (Å²) in [6.45, 7) is 6.12. The second kappa shape index (κ2) is 11.8. The molecule has 2 heterocycles. The fraction of sp³-hybridized carbons (Fsp3) is 0.214. The molecule has 39 heavy (non-hydrogen) atoms. The second-order valence-electron chi connectivity index (χ2n) is 9.04. The summed E-state index contributed by atoms with van der Waals surface area (Å²) >= 11 is 0. The van der Waals surface area contributed by atoms with Gasteiger partial charge in [0.1, 0.15) is 4.90 Å². The van der Waals surface area contributed by atoms with Gasteiger partial charge in [-0.2, -0.15) is 0 Å². The van der Waals surface area contributed by atoms with Gasteiger partial charge < -0.3 is 4.90 Å². The van der Waals surface area contributed by atoms with Crippen LogP contribution in [-0.4, -0.2) is 61.3 Å². The summed E-state index contributed by atoms with van der Waals surface area (Å²) in [7, 11) is -3.93. The minimum Gasteiger partial charge on any atom is -0.333 e. The summed E-state index contributed by atoms with van der Waals surface area (Å²) in [5.41, 5.74) is 1.03. The highest BCUT2D eigenvalue weighted by Gasteiger charge is 2.28. The van der Waals surface area contributed by atoms with Crippen molar-refractivity contribution in [1.29, 1.82) is 0 Å². The Kier molecular flexibility index (Phi) is 8.51. The van der Waals surface area contributed by atoms with Crippen LogP contribution in [0.25, 0.3) is 10.9 Å². The van der Waals surface area contributed by atoms with Gasteiger partial charge in [0.15, 0.2) is 17.5 Å². The van der Waals surface area contributed by atoms with Crippen molar-refractivity contribution in [3.05, 3.63) is 103 Å². The van der Waals surface area contributed by atoms with E-state index >= 15 is 0 Å². The topological polar surface area (TPSA) is 82.6 Å². The first kappa shape index (κ1) is 28.1. The molecular formula is C28H27F3N4O3S. The third kappa shape index (κ3) is 6.37. The lowest BCUT2D eigenvalue weighted by Crippen LogP contribution is -2.53. The number of carbonyl (C=O) groups is 1. The molecule has 0 bridgehead atoms. The van der Waals surface area contributed by atoms with E-state index in [1.54, 1.807) is 41.3 Å². The Morgan fingerprint density at radius 1 is 1.10 bits per heavy atom. The standard InChI is InChI=1S/C28H27F3N4O3S/c1-3-23(29)26(31)24(30)13-15-34-16-17-35(19(2)18-34)28(36)21-9-11-22(12-10-21)33-39(37,38)25-8-4-6-20-7-5-14-32-27(20)25/h3-14,19,33H,1,15-18H2,2H3/b24-13-,26-23-/t19-/m0/s1. The fourth-order valence-corrected chi connectivity index (χ4v) is 5.59. The molecule has 2 aromatic carbocycles. The number of amides is 1. The SMILES string of the molecule is C=C/C(F)=C(F)\C(F)=C\CN1CCN(C(=O)c2ccc(NS(=O)(=O)c3cccc4cccnc34)cc2)[C@@H](C)C1. The Labute approximate surface area is 225 Å². The number of hydrogen-bond acceptors (Lipinski definition) is 5. The summed E-state index contributed by atoms with van der Waals surface area (Å²) in [6, 6.07) is 14.3. The molecule has 3 aromatic rings. The van der Waals surface area contributed by atoms with Crippen LogP contribution in [0, 0.1) is 0 Å². The molecule has 1 saturated heterocycles. The van der Waals surface area contributed by atoms with Crippen molar-refractivity contribution in [2.45, 2.75) is 17.9 Å². The normalized spacial score (nSPS) is 17.6. The number of fused-ring (bicyclic) bond motifs is 1. The molecule has 7 nitrogen and oxygen atoms in total. The van der Waals surface area contributed by atoms with Crippen molar-refractivity contribution in [2.75, 3.05) is 30.9 Å². The van der Waals surface area contributed by atoms with Gasteiger partial charge in [0.25, 0.3) is 15.9 Å². The highest BCUT2D eigenvalue weighted by atomic mass is 32.2. The maximum Gasteiger partial charge on any atom is 0.264 e. The van der Waals surface area contributed by atoms with E-state index < -0.39 is 27.5 Å². The number of rotatable bonds is 8. The van der Waals surface area contributed by atoms with Gasteiger partial charge in [-0.15, -0.1) is 0 Å². The van der Waals surface area contributed by atoms with Crippen molar-refractivity contribution in [3.8, 4) is 0 Å². The molecule has 0 unspecified atom stereocenters. The van der Waals surface area contributed by atoms with Gasteiger partial charge in [0.2, 0.25) is 0 Å². The largest absolute Gasteiger partial charge is 0.333 e. The van der Waals surface area contributed by atoms with E-state index in [1.165, 1.54) is 24.4 Å². The molecule has 1 aliphatic heterocycles. The van der Waals surface area contributed by atoms with Gasteiger partial charge >= 0.3 is 0 Å². The zero-order chi connectivity index (χ0) is 28.2. The summed E-state index contributed by atoms with van der Waals surface area (Å²) in [4.78, 5) is 20.9. The first-order valence-electron chi connectivity index (χ1n) is 12.1. The van der Waals surface area contributed by atoms with E-state index in [-0.39, 0.29) is 23.4 Å². The van der Waals surface area contributed by atoms with Crippen molar-refractivity contribution in [3.63, 3.8) is 0 Å². The lowest BCUT2D eigenvalue weighted by atomic mass is 10.1. The van der Waals surface area contributed by atoms with E-state index in [0.29, 0.717) is 47.9 Å². The number of sulfonamides is 1. The van der Waals surface area contributed by atoms with E-state index in [4.69, 9.17) is 0 Å². The summed E-state index contributed by atoms with van der Waals surface area (Å²) in [5, 5.41) is 0.697. The molecule has 1 aromatic heterocycles. The monoisotopic (exact) mass is 556 g/mol. The van der Waals surface area contributed by atoms with E-state index in [2.05, 4.69) is 16.3 Å². The van der Waals surface area contributed by atoms with Gasteiger partial charge in [-0.3, -0.25) is 19.4 Å². The van der Waals surface area contributed by atoms with E-state index in [1.807, 2.05) is 11.8 Å². The number of hydrogen-bond donors (Lipinski definition) is 1. The Hall–Kier alpha value is -3.96. The van der Waals surface area contributed by atoms with E-state index in [9.17, 15) is 26.4 Å². The molecule has 204 valence electrons. The molecule has 1 amide bonds. The molecule has 0 radical (unpaired) electrons. The van der Waals surface area contributed by atoms with Gasteiger partial charge in [-0.1, -0.05) is 24.8 Å². The van der Waals surface area contributed by atoms with Crippen LogP contribution in [0.1, 0.15) is 17.3 Å². The molecule has 1 N–H and O–H groups in total. The average molecular weight is 557 g/mol. The van der Waals surface area contributed by atoms with Crippen LogP contribution in [0.2, 0.25) is 0 Å². The minimum atomic E-state index is -3.93. The smallest absolute Gasteiger partial charge is 0.264 e. The van der Waals surface area contributed by atoms with Crippen molar-refractivity contribution in [1.82, 2.24) is 14.8 Å². The lowest BCUT2D eigenvalue weighted by Gasteiger charge is -2.39.